The summed E-state index contributed by atoms with van der Waals surface area (Å²) in [5.41, 5.74) is 3.00. The summed E-state index contributed by atoms with van der Waals surface area (Å²) in [5, 5.41) is 14.8. The molecule has 0 spiro atoms. The number of esters is 1. The number of rotatable bonds is 10. The van der Waals surface area contributed by atoms with Gasteiger partial charge in [0.05, 0.1) is 43.2 Å². The number of nitrogens with zero attached hydrogens (tertiary/aromatic N) is 4. The van der Waals surface area contributed by atoms with Gasteiger partial charge < -0.3 is 24.5 Å². The number of pyridine rings is 1. The molecule has 3 amide bonds. The van der Waals surface area contributed by atoms with Gasteiger partial charge in [0, 0.05) is 16.7 Å². The summed E-state index contributed by atoms with van der Waals surface area (Å²) >= 11 is 0. The van der Waals surface area contributed by atoms with Gasteiger partial charge in [-0.15, -0.1) is 0 Å². The van der Waals surface area contributed by atoms with E-state index in [0.29, 0.717) is 45.2 Å². The highest BCUT2D eigenvalue weighted by atomic mass is 16.6. The Balaban J connectivity index is 1.19. The minimum absolute atomic E-state index is 0.0438. The lowest BCUT2D eigenvalue weighted by atomic mass is 10.00. The SMILES string of the molecule is CCOC(=O)CC(=O)Nc1ccc(N2CC(C)(CNC(=O)c3ccc(-c4nc5cc(C#N)cc(C(C)C)c5o4)cc3)OC2=O)nc1. The van der Waals surface area contributed by atoms with Crippen LogP contribution in [0.5, 0.6) is 0 Å². The third-order valence-electron chi connectivity index (χ3n) is 7.25. The molecule has 1 saturated heterocycles. The van der Waals surface area contributed by atoms with Gasteiger partial charge in [0.25, 0.3) is 5.91 Å². The molecule has 13 nitrogen and oxygen atoms in total. The average molecular weight is 625 g/mol. The summed E-state index contributed by atoms with van der Waals surface area (Å²) in [7, 11) is 0. The largest absolute Gasteiger partial charge is 0.466 e. The second-order valence-electron chi connectivity index (χ2n) is 11.3. The molecule has 3 heterocycles. The molecule has 2 N–H and O–H groups in total. The van der Waals surface area contributed by atoms with Gasteiger partial charge in [-0.2, -0.15) is 5.26 Å². The zero-order valence-corrected chi connectivity index (χ0v) is 25.7. The number of anilines is 2. The number of oxazole rings is 1. The fourth-order valence-electron chi connectivity index (χ4n) is 4.94. The zero-order chi connectivity index (χ0) is 33.0. The van der Waals surface area contributed by atoms with Gasteiger partial charge in [0.2, 0.25) is 11.8 Å². The highest BCUT2D eigenvalue weighted by Crippen LogP contribution is 2.32. The van der Waals surface area contributed by atoms with Crippen molar-refractivity contribution in [3.63, 3.8) is 0 Å². The smallest absolute Gasteiger partial charge is 0.416 e. The van der Waals surface area contributed by atoms with Crippen LogP contribution in [0.1, 0.15) is 61.5 Å². The summed E-state index contributed by atoms with van der Waals surface area (Å²) < 4.78 is 16.4. The maximum atomic E-state index is 13.0. The summed E-state index contributed by atoms with van der Waals surface area (Å²) in [6.45, 7) is 7.74. The van der Waals surface area contributed by atoms with Crippen LogP contribution in [0, 0.1) is 11.3 Å². The topological polar surface area (TPSA) is 177 Å². The van der Waals surface area contributed by atoms with Crippen LogP contribution >= 0.6 is 0 Å². The fourth-order valence-corrected chi connectivity index (χ4v) is 4.94. The first-order chi connectivity index (χ1) is 22.0. The molecule has 1 aliphatic rings. The van der Waals surface area contributed by atoms with E-state index in [1.165, 1.54) is 17.2 Å². The Morgan fingerprint density at radius 1 is 1.15 bits per heavy atom. The standard InChI is InChI=1S/C33H32N6O7/c1-5-44-28(41)14-27(40)37-23-10-11-26(35-16-23)39-18-33(4,46-32(39)43)17-36-30(42)21-6-8-22(9-7-21)31-38-25-13-20(15-34)12-24(19(2)3)29(25)45-31/h6-13,16,19H,5,14,17-18H2,1-4H3,(H,36,42)(H,37,40). The Morgan fingerprint density at radius 3 is 2.57 bits per heavy atom. The van der Waals surface area contributed by atoms with E-state index in [1.54, 1.807) is 50.2 Å². The average Bonchev–Trinajstić information content (AvgIpc) is 3.60. The normalized spacial score (nSPS) is 15.8. The van der Waals surface area contributed by atoms with E-state index >= 15 is 0 Å². The molecule has 1 atom stereocenters. The van der Waals surface area contributed by atoms with Crippen LogP contribution in [-0.4, -0.2) is 59.1 Å². The Morgan fingerprint density at radius 2 is 1.91 bits per heavy atom. The molecular weight excluding hydrogens is 592 g/mol. The Bertz CT molecular complexity index is 1840. The maximum absolute atomic E-state index is 13.0. The van der Waals surface area contributed by atoms with Crippen LogP contribution < -0.4 is 15.5 Å². The third kappa shape index (κ3) is 6.96. The number of hydrogen-bond donors (Lipinski definition) is 2. The van der Waals surface area contributed by atoms with Crippen LogP contribution in [0.3, 0.4) is 0 Å². The number of carbonyl (C=O) groups is 4. The van der Waals surface area contributed by atoms with E-state index in [0.717, 1.165) is 5.56 Å². The van der Waals surface area contributed by atoms with E-state index in [-0.39, 0.29) is 31.5 Å². The number of cyclic esters (lactones) is 1. The van der Waals surface area contributed by atoms with Crippen molar-refractivity contribution >= 4 is 46.5 Å². The molecule has 0 bridgehead atoms. The molecule has 0 aliphatic carbocycles. The molecule has 5 rings (SSSR count). The van der Waals surface area contributed by atoms with Crippen molar-refractivity contribution in [1.29, 1.82) is 5.26 Å². The summed E-state index contributed by atoms with van der Waals surface area (Å²) in [6.07, 6.45) is 0.305. The van der Waals surface area contributed by atoms with Gasteiger partial charge in [-0.1, -0.05) is 13.8 Å². The van der Waals surface area contributed by atoms with Gasteiger partial charge in [0.1, 0.15) is 23.4 Å². The first-order valence-corrected chi connectivity index (χ1v) is 14.6. The van der Waals surface area contributed by atoms with Gasteiger partial charge in [-0.25, -0.2) is 14.8 Å². The number of fused-ring (bicyclic) bond motifs is 1. The van der Waals surface area contributed by atoms with Crippen molar-refractivity contribution in [1.82, 2.24) is 15.3 Å². The van der Waals surface area contributed by atoms with E-state index in [2.05, 4.69) is 26.7 Å². The van der Waals surface area contributed by atoms with Crippen molar-refractivity contribution in [2.24, 2.45) is 0 Å². The number of hydrogen-bond acceptors (Lipinski definition) is 10. The number of aromatic nitrogens is 2. The van der Waals surface area contributed by atoms with Crippen molar-refractivity contribution in [3.8, 4) is 17.5 Å². The second-order valence-corrected chi connectivity index (χ2v) is 11.3. The first kappa shape index (κ1) is 31.6. The number of amides is 3. The number of ether oxygens (including phenoxy) is 2. The van der Waals surface area contributed by atoms with E-state index in [1.807, 2.05) is 19.9 Å². The number of nitrogens with one attached hydrogen (secondary N) is 2. The molecule has 0 radical (unpaired) electrons. The molecule has 2 aromatic heterocycles. The lowest BCUT2D eigenvalue weighted by Gasteiger charge is -2.22. The van der Waals surface area contributed by atoms with Crippen molar-refractivity contribution in [3.05, 3.63) is 71.4 Å². The Labute approximate surface area is 264 Å². The van der Waals surface area contributed by atoms with Gasteiger partial charge in [-0.3, -0.25) is 19.3 Å². The third-order valence-corrected chi connectivity index (χ3v) is 7.25. The number of nitriles is 1. The van der Waals surface area contributed by atoms with Crippen molar-refractivity contribution in [2.45, 2.75) is 45.6 Å². The van der Waals surface area contributed by atoms with E-state index in [4.69, 9.17) is 13.9 Å². The predicted octanol–water partition coefficient (Wildman–Crippen LogP) is 4.92. The second kappa shape index (κ2) is 13.1. The minimum Gasteiger partial charge on any atom is -0.466 e. The monoisotopic (exact) mass is 624 g/mol. The molecule has 46 heavy (non-hydrogen) atoms. The summed E-state index contributed by atoms with van der Waals surface area (Å²) in [6, 6.07) is 15.5. The molecule has 4 aromatic rings. The lowest BCUT2D eigenvalue weighted by Crippen LogP contribution is -2.43. The van der Waals surface area contributed by atoms with E-state index in [9.17, 15) is 24.4 Å². The van der Waals surface area contributed by atoms with Crippen LogP contribution in [0.25, 0.3) is 22.6 Å². The van der Waals surface area contributed by atoms with Gasteiger partial charge in [0.15, 0.2) is 5.58 Å². The van der Waals surface area contributed by atoms with Crippen molar-refractivity contribution < 1.29 is 33.1 Å². The molecule has 13 heteroatoms. The number of carbonyl (C=O) groups excluding carboxylic acids is 4. The summed E-state index contributed by atoms with van der Waals surface area (Å²) in [4.78, 5) is 59.3. The molecular formula is C33H32N6O7. The minimum atomic E-state index is -1.03. The van der Waals surface area contributed by atoms with Crippen LogP contribution in [0.15, 0.2) is 59.1 Å². The van der Waals surface area contributed by atoms with Crippen molar-refractivity contribution in [2.75, 3.05) is 29.9 Å². The fraction of sp³-hybridized carbons (Fsp3) is 0.303. The van der Waals surface area contributed by atoms with E-state index < -0.39 is 30.0 Å². The molecule has 1 fully saturated rings. The zero-order valence-electron chi connectivity index (χ0n) is 25.7. The molecule has 1 unspecified atom stereocenters. The quantitative estimate of drug-likeness (QED) is 0.182. The molecule has 1 aliphatic heterocycles. The van der Waals surface area contributed by atoms with Gasteiger partial charge in [-0.05, 0) is 68.3 Å². The first-order valence-electron chi connectivity index (χ1n) is 14.6. The number of benzene rings is 2. The molecule has 0 saturated carbocycles. The Kier molecular flexibility index (Phi) is 8.99. The molecule has 2 aromatic carbocycles. The Hall–Kier alpha value is -5.77. The van der Waals surface area contributed by atoms with Crippen LogP contribution in [-0.2, 0) is 19.1 Å². The summed E-state index contributed by atoms with van der Waals surface area (Å²) in [5.74, 6) is -0.732. The van der Waals surface area contributed by atoms with Crippen LogP contribution in [0.2, 0.25) is 0 Å². The van der Waals surface area contributed by atoms with Crippen LogP contribution in [0.4, 0.5) is 16.3 Å². The predicted molar refractivity (Wildman–Crippen MR) is 167 cm³/mol. The lowest BCUT2D eigenvalue weighted by molar-refractivity contribution is -0.145. The maximum Gasteiger partial charge on any atom is 0.416 e. The van der Waals surface area contributed by atoms with Gasteiger partial charge >= 0.3 is 12.1 Å². The highest BCUT2D eigenvalue weighted by molar-refractivity contribution is 6.02. The highest BCUT2D eigenvalue weighted by Gasteiger charge is 2.43. The molecule has 236 valence electrons.